The minimum absolute atomic E-state index is 0.212. The number of hydrogen-bond acceptors (Lipinski definition) is 5. The second-order valence-corrected chi connectivity index (χ2v) is 6.94. The van der Waals surface area contributed by atoms with Crippen molar-refractivity contribution in [2.24, 2.45) is 5.41 Å². The number of rotatable bonds is 5. The molecule has 1 fully saturated rings. The van der Waals surface area contributed by atoms with E-state index < -0.39 is 5.41 Å². The third-order valence-electron chi connectivity index (χ3n) is 4.72. The molecule has 7 nitrogen and oxygen atoms in total. The standard InChI is InChI=1S/C19H16ClN5O2/c1-27-17-9-22-16(8-23-17)13-6-15-11(5-14(13)20)4-12(25-15)7-24-18(26)19(10-21)2-3-19/h4-6,8-9,25H,2-3,7H2,1H3,(H,24,26). The summed E-state index contributed by atoms with van der Waals surface area (Å²) in [5.41, 5.74) is 2.27. The largest absolute Gasteiger partial charge is 0.480 e. The van der Waals surface area contributed by atoms with Crippen LogP contribution in [0.2, 0.25) is 5.02 Å². The number of nitrogens with one attached hydrogen (secondary N) is 2. The Kier molecular flexibility index (Phi) is 4.21. The maximum atomic E-state index is 12.1. The maximum Gasteiger partial charge on any atom is 0.240 e. The molecule has 0 unspecified atom stereocenters. The van der Waals surface area contributed by atoms with E-state index in [2.05, 4.69) is 26.3 Å². The molecule has 2 N–H and O–H groups in total. The van der Waals surface area contributed by atoms with Crippen molar-refractivity contribution < 1.29 is 9.53 Å². The van der Waals surface area contributed by atoms with Gasteiger partial charge in [0.1, 0.15) is 5.41 Å². The topological polar surface area (TPSA) is 104 Å². The number of carbonyl (C=O) groups excluding carboxylic acids is 1. The molecule has 1 aromatic carbocycles. The Balaban J connectivity index is 1.57. The molecule has 0 bridgehead atoms. The summed E-state index contributed by atoms with van der Waals surface area (Å²) >= 11 is 6.42. The summed E-state index contributed by atoms with van der Waals surface area (Å²) in [6, 6.07) is 7.77. The van der Waals surface area contributed by atoms with E-state index in [9.17, 15) is 4.79 Å². The number of halogens is 1. The van der Waals surface area contributed by atoms with Crippen LogP contribution in [0.1, 0.15) is 18.5 Å². The molecule has 4 rings (SSSR count). The van der Waals surface area contributed by atoms with Gasteiger partial charge in [0, 0.05) is 22.2 Å². The Labute approximate surface area is 160 Å². The Morgan fingerprint density at radius 3 is 2.81 bits per heavy atom. The van der Waals surface area contributed by atoms with E-state index in [0.717, 1.165) is 22.2 Å². The lowest BCUT2D eigenvalue weighted by molar-refractivity contribution is -0.124. The van der Waals surface area contributed by atoms with Crippen LogP contribution in [0.5, 0.6) is 5.88 Å². The first-order valence-electron chi connectivity index (χ1n) is 8.42. The zero-order valence-corrected chi connectivity index (χ0v) is 15.3. The van der Waals surface area contributed by atoms with Gasteiger partial charge >= 0.3 is 0 Å². The number of aromatic amines is 1. The molecule has 2 heterocycles. The molecule has 0 saturated heterocycles. The number of benzene rings is 1. The van der Waals surface area contributed by atoms with Gasteiger partial charge in [0.15, 0.2) is 0 Å². The van der Waals surface area contributed by atoms with Crippen molar-refractivity contribution in [3.8, 4) is 23.2 Å². The van der Waals surface area contributed by atoms with E-state index in [4.69, 9.17) is 21.6 Å². The van der Waals surface area contributed by atoms with Crippen LogP contribution in [0, 0.1) is 16.7 Å². The number of hydrogen-bond donors (Lipinski definition) is 2. The highest BCUT2D eigenvalue weighted by molar-refractivity contribution is 6.34. The Morgan fingerprint density at radius 2 is 2.19 bits per heavy atom. The summed E-state index contributed by atoms with van der Waals surface area (Å²) in [6.07, 6.45) is 4.40. The predicted octanol–water partition coefficient (Wildman–Crippen LogP) is 3.21. The van der Waals surface area contributed by atoms with Gasteiger partial charge in [-0.1, -0.05) is 11.6 Å². The Morgan fingerprint density at radius 1 is 1.37 bits per heavy atom. The number of nitrogens with zero attached hydrogens (tertiary/aromatic N) is 3. The Bertz CT molecular complexity index is 1060. The molecule has 136 valence electrons. The second-order valence-electron chi connectivity index (χ2n) is 6.53. The molecule has 0 atom stereocenters. The molecule has 27 heavy (non-hydrogen) atoms. The molecule has 1 saturated carbocycles. The van der Waals surface area contributed by atoms with Crippen molar-refractivity contribution in [2.75, 3.05) is 7.11 Å². The van der Waals surface area contributed by atoms with Crippen molar-refractivity contribution in [3.05, 3.63) is 41.3 Å². The van der Waals surface area contributed by atoms with Crippen molar-refractivity contribution in [3.63, 3.8) is 0 Å². The number of ether oxygens (including phenoxy) is 1. The SMILES string of the molecule is COc1cnc(-c2cc3[nH]c(CNC(=O)C4(C#N)CC4)cc3cc2Cl)cn1. The van der Waals surface area contributed by atoms with Crippen LogP contribution in [-0.4, -0.2) is 28.0 Å². The number of aromatic nitrogens is 3. The summed E-state index contributed by atoms with van der Waals surface area (Å²) in [5, 5.41) is 13.4. The molecule has 0 spiro atoms. The molecule has 1 amide bonds. The van der Waals surface area contributed by atoms with Crippen molar-refractivity contribution >= 4 is 28.4 Å². The third kappa shape index (κ3) is 3.20. The molecule has 0 radical (unpaired) electrons. The molecule has 1 aliphatic rings. The van der Waals surface area contributed by atoms with Crippen LogP contribution < -0.4 is 10.1 Å². The second kappa shape index (κ2) is 6.56. The highest BCUT2D eigenvalue weighted by Crippen LogP contribution is 2.45. The van der Waals surface area contributed by atoms with Crippen LogP contribution in [0.4, 0.5) is 0 Å². The first-order chi connectivity index (χ1) is 13.0. The van der Waals surface area contributed by atoms with Gasteiger partial charge in [-0.2, -0.15) is 5.26 Å². The Hall–Kier alpha value is -3.11. The van der Waals surface area contributed by atoms with Gasteiger partial charge in [0.05, 0.1) is 42.8 Å². The fourth-order valence-corrected chi connectivity index (χ4v) is 3.19. The fraction of sp³-hybridized carbons (Fsp3) is 0.263. The number of fused-ring (bicyclic) bond motifs is 1. The smallest absolute Gasteiger partial charge is 0.240 e. The van der Waals surface area contributed by atoms with Gasteiger partial charge in [-0.05, 0) is 31.0 Å². The quantitative estimate of drug-likeness (QED) is 0.706. The van der Waals surface area contributed by atoms with Crippen LogP contribution in [0.3, 0.4) is 0 Å². The average molecular weight is 382 g/mol. The van der Waals surface area contributed by atoms with E-state index in [0.29, 0.717) is 36.0 Å². The number of H-pyrrole nitrogens is 1. The minimum Gasteiger partial charge on any atom is -0.480 e. The zero-order chi connectivity index (χ0) is 19.0. The first kappa shape index (κ1) is 17.3. The third-order valence-corrected chi connectivity index (χ3v) is 5.03. The lowest BCUT2D eigenvalue weighted by Gasteiger charge is -2.06. The van der Waals surface area contributed by atoms with Gasteiger partial charge in [-0.25, -0.2) is 9.97 Å². The molecular formula is C19H16ClN5O2. The summed E-state index contributed by atoms with van der Waals surface area (Å²) in [5.74, 6) is 0.218. The van der Waals surface area contributed by atoms with Crippen molar-refractivity contribution in [1.29, 1.82) is 5.26 Å². The highest BCUT2D eigenvalue weighted by atomic mass is 35.5. The van der Waals surface area contributed by atoms with Gasteiger partial charge in [-0.3, -0.25) is 4.79 Å². The van der Waals surface area contributed by atoms with Crippen LogP contribution in [0.25, 0.3) is 22.2 Å². The minimum atomic E-state index is -0.824. The van der Waals surface area contributed by atoms with Crippen molar-refractivity contribution in [2.45, 2.75) is 19.4 Å². The summed E-state index contributed by atoms with van der Waals surface area (Å²) in [6.45, 7) is 0.326. The van der Waals surface area contributed by atoms with E-state index in [1.807, 2.05) is 18.2 Å². The normalized spacial score (nSPS) is 14.6. The molecule has 3 aromatic rings. The molecule has 0 aliphatic heterocycles. The van der Waals surface area contributed by atoms with Gasteiger partial charge in [0.2, 0.25) is 11.8 Å². The highest BCUT2D eigenvalue weighted by Gasteiger charge is 2.50. The van der Waals surface area contributed by atoms with E-state index in [-0.39, 0.29) is 5.91 Å². The average Bonchev–Trinajstić information content (AvgIpc) is 3.40. The van der Waals surface area contributed by atoms with Gasteiger partial charge < -0.3 is 15.0 Å². The zero-order valence-electron chi connectivity index (χ0n) is 14.5. The maximum absolute atomic E-state index is 12.1. The predicted molar refractivity (Wildman–Crippen MR) is 100 cm³/mol. The fourth-order valence-electron chi connectivity index (χ4n) is 2.92. The first-order valence-corrected chi connectivity index (χ1v) is 8.79. The lowest BCUT2D eigenvalue weighted by atomic mass is 10.1. The van der Waals surface area contributed by atoms with Crippen LogP contribution in [-0.2, 0) is 11.3 Å². The molecular weight excluding hydrogens is 366 g/mol. The number of amides is 1. The number of methoxy groups -OCH3 is 1. The van der Waals surface area contributed by atoms with E-state index >= 15 is 0 Å². The van der Waals surface area contributed by atoms with Gasteiger partial charge in [-0.15, -0.1) is 0 Å². The van der Waals surface area contributed by atoms with Crippen LogP contribution in [0.15, 0.2) is 30.6 Å². The van der Waals surface area contributed by atoms with E-state index in [1.54, 1.807) is 6.20 Å². The number of carbonyl (C=O) groups is 1. The molecule has 2 aromatic heterocycles. The molecule has 8 heteroatoms. The number of nitriles is 1. The van der Waals surface area contributed by atoms with Crippen molar-refractivity contribution in [1.82, 2.24) is 20.3 Å². The van der Waals surface area contributed by atoms with E-state index in [1.165, 1.54) is 13.3 Å². The summed E-state index contributed by atoms with van der Waals surface area (Å²) < 4.78 is 5.02. The monoisotopic (exact) mass is 381 g/mol. The van der Waals surface area contributed by atoms with Crippen LogP contribution >= 0.6 is 11.6 Å². The molecule has 1 aliphatic carbocycles. The summed E-state index contributed by atoms with van der Waals surface area (Å²) in [7, 11) is 1.53. The summed E-state index contributed by atoms with van der Waals surface area (Å²) in [4.78, 5) is 23.9. The lowest BCUT2D eigenvalue weighted by Crippen LogP contribution is -2.30. The van der Waals surface area contributed by atoms with Gasteiger partial charge in [0.25, 0.3) is 0 Å².